The van der Waals surface area contributed by atoms with Crippen molar-refractivity contribution in [3.8, 4) is 0 Å². The first-order valence-corrected chi connectivity index (χ1v) is 6.35. The predicted molar refractivity (Wildman–Crippen MR) is 66.4 cm³/mol. The zero-order valence-electron chi connectivity index (χ0n) is 9.62. The molecule has 2 nitrogen and oxygen atoms in total. The van der Waals surface area contributed by atoms with Crippen molar-refractivity contribution in [2.45, 2.75) is 24.5 Å². The van der Waals surface area contributed by atoms with Gasteiger partial charge < -0.3 is 10.1 Å². The minimum absolute atomic E-state index is 0.274. The quantitative estimate of drug-likeness (QED) is 0.752. The summed E-state index contributed by atoms with van der Waals surface area (Å²) in [4.78, 5) is 1.31. The predicted octanol–water partition coefficient (Wildman–Crippen LogP) is 2.53. The summed E-state index contributed by atoms with van der Waals surface area (Å²) in [6.07, 6.45) is 2.36. The summed E-state index contributed by atoms with van der Waals surface area (Å²) in [5.74, 6) is 0. The van der Waals surface area contributed by atoms with Crippen molar-refractivity contribution in [1.82, 2.24) is 5.32 Å². The van der Waals surface area contributed by atoms with Crippen LogP contribution in [0.3, 0.4) is 0 Å². The molecular weight excluding hydrogens is 206 g/mol. The Morgan fingerprint density at radius 3 is 2.53 bits per heavy atom. The third kappa shape index (κ3) is 4.69. The molecule has 0 bridgehead atoms. The van der Waals surface area contributed by atoms with Crippen LogP contribution >= 0.6 is 11.8 Å². The highest BCUT2D eigenvalue weighted by Crippen LogP contribution is 2.14. The van der Waals surface area contributed by atoms with Gasteiger partial charge in [-0.1, -0.05) is 12.1 Å². The van der Waals surface area contributed by atoms with E-state index in [-0.39, 0.29) is 6.10 Å². The van der Waals surface area contributed by atoms with Gasteiger partial charge in [0.25, 0.3) is 0 Å². The summed E-state index contributed by atoms with van der Waals surface area (Å²) in [5, 5.41) is 3.36. The van der Waals surface area contributed by atoms with E-state index in [0.29, 0.717) is 0 Å². The van der Waals surface area contributed by atoms with Crippen LogP contribution in [0.5, 0.6) is 0 Å². The minimum Gasteiger partial charge on any atom is -0.380 e. The fourth-order valence-corrected chi connectivity index (χ4v) is 1.65. The Morgan fingerprint density at radius 1 is 1.33 bits per heavy atom. The van der Waals surface area contributed by atoms with Crippen LogP contribution in [0.2, 0.25) is 0 Å². The van der Waals surface area contributed by atoms with Crippen molar-refractivity contribution in [2.24, 2.45) is 0 Å². The van der Waals surface area contributed by atoms with E-state index in [2.05, 4.69) is 42.8 Å². The summed E-state index contributed by atoms with van der Waals surface area (Å²) >= 11 is 1.77. The molecule has 1 N–H and O–H groups in total. The highest BCUT2D eigenvalue weighted by molar-refractivity contribution is 7.98. The molecule has 1 rings (SSSR count). The molecule has 1 unspecified atom stereocenters. The maximum absolute atomic E-state index is 5.16. The normalized spacial score (nSPS) is 12.7. The summed E-state index contributed by atoms with van der Waals surface area (Å²) in [5.41, 5.74) is 1.32. The second kappa shape index (κ2) is 6.88. The van der Waals surface area contributed by atoms with Gasteiger partial charge in [0, 0.05) is 25.1 Å². The van der Waals surface area contributed by atoms with Gasteiger partial charge in [-0.25, -0.2) is 0 Å². The summed E-state index contributed by atoms with van der Waals surface area (Å²) in [6.45, 7) is 3.85. The Morgan fingerprint density at radius 2 is 2.00 bits per heavy atom. The molecular formula is C12H19NOS. The number of benzene rings is 1. The van der Waals surface area contributed by atoms with Gasteiger partial charge >= 0.3 is 0 Å². The van der Waals surface area contributed by atoms with Gasteiger partial charge in [0.1, 0.15) is 0 Å². The van der Waals surface area contributed by atoms with Crippen LogP contribution in [0.4, 0.5) is 0 Å². The van der Waals surface area contributed by atoms with Gasteiger partial charge in [0.05, 0.1) is 6.10 Å². The minimum atomic E-state index is 0.274. The molecule has 15 heavy (non-hydrogen) atoms. The number of rotatable bonds is 6. The fourth-order valence-electron chi connectivity index (χ4n) is 1.25. The van der Waals surface area contributed by atoms with E-state index in [1.54, 1.807) is 18.9 Å². The van der Waals surface area contributed by atoms with E-state index >= 15 is 0 Å². The molecule has 3 heteroatoms. The molecule has 0 aliphatic carbocycles. The Bertz CT molecular complexity index is 273. The third-order valence-corrected chi connectivity index (χ3v) is 3.07. The van der Waals surface area contributed by atoms with E-state index < -0.39 is 0 Å². The van der Waals surface area contributed by atoms with Crippen LogP contribution in [0.15, 0.2) is 29.2 Å². The summed E-state index contributed by atoms with van der Waals surface area (Å²) < 4.78 is 5.16. The molecule has 1 atom stereocenters. The SMILES string of the molecule is COC(C)CNCc1ccc(SC)cc1. The first kappa shape index (κ1) is 12.6. The molecule has 0 radical (unpaired) electrons. The van der Waals surface area contributed by atoms with E-state index in [1.165, 1.54) is 10.5 Å². The highest BCUT2D eigenvalue weighted by Gasteiger charge is 1.98. The lowest BCUT2D eigenvalue weighted by Gasteiger charge is -2.10. The van der Waals surface area contributed by atoms with Crippen LogP contribution < -0.4 is 5.32 Å². The number of hydrogen-bond acceptors (Lipinski definition) is 3. The Kier molecular flexibility index (Phi) is 5.76. The van der Waals surface area contributed by atoms with Crippen LogP contribution in [0, 0.1) is 0 Å². The topological polar surface area (TPSA) is 21.3 Å². The lowest BCUT2D eigenvalue weighted by molar-refractivity contribution is 0.117. The second-order valence-corrected chi connectivity index (χ2v) is 4.40. The van der Waals surface area contributed by atoms with Crippen molar-refractivity contribution in [3.63, 3.8) is 0 Å². The number of thioether (sulfide) groups is 1. The Labute approximate surface area is 96.4 Å². The van der Waals surface area contributed by atoms with E-state index in [4.69, 9.17) is 4.74 Å². The van der Waals surface area contributed by atoms with Gasteiger partial charge in [-0.3, -0.25) is 0 Å². The zero-order valence-corrected chi connectivity index (χ0v) is 10.4. The zero-order chi connectivity index (χ0) is 11.1. The van der Waals surface area contributed by atoms with Crippen molar-refractivity contribution in [3.05, 3.63) is 29.8 Å². The molecule has 0 aliphatic rings. The molecule has 0 saturated carbocycles. The molecule has 0 aromatic heterocycles. The van der Waals surface area contributed by atoms with Gasteiger partial charge in [0.15, 0.2) is 0 Å². The monoisotopic (exact) mass is 225 g/mol. The number of methoxy groups -OCH3 is 1. The first-order chi connectivity index (χ1) is 7.26. The summed E-state index contributed by atoms with van der Waals surface area (Å²) in [7, 11) is 1.74. The largest absolute Gasteiger partial charge is 0.380 e. The number of ether oxygens (including phenoxy) is 1. The first-order valence-electron chi connectivity index (χ1n) is 5.12. The van der Waals surface area contributed by atoms with E-state index in [0.717, 1.165) is 13.1 Å². The molecule has 84 valence electrons. The van der Waals surface area contributed by atoms with E-state index in [1.807, 2.05) is 0 Å². The second-order valence-electron chi connectivity index (χ2n) is 3.53. The maximum atomic E-state index is 5.16. The lowest BCUT2D eigenvalue weighted by Crippen LogP contribution is -2.25. The molecule has 0 heterocycles. The molecule has 1 aromatic rings. The van der Waals surface area contributed by atoms with Gasteiger partial charge in [0.2, 0.25) is 0 Å². The van der Waals surface area contributed by atoms with Crippen LogP contribution in [-0.2, 0) is 11.3 Å². The third-order valence-electron chi connectivity index (χ3n) is 2.32. The summed E-state index contributed by atoms with van der Waals surface area (Å²) in [6, 6.07) is 8.63. The van der Waals surface area contributed by atoms with Crippen molar-refractivity contribution < 1.29 is 4.74 Å². The van der Waals surface area contributed by atoms with Gasteiger partial charge in [-0.2, -0.15) is 0 Å². The lowest BCUT2D eigenvalue weighted by atomic mass is 10.2. The standard InChI is InChI=1S/C12H19NOS/c1-10(14-2)8-13-9-11-4-6-12(15-3)7-5-11/h4-7,10,13H,8-9H2,1-3H3. The van der Waals surface area contributed by atoms with Crippen LogP contribution in [0.25, 0.3) is 0 Å². The van der Waals surface area contributed by atoms with Gasteiger partial charge in [-0.15, -0.1) is 11.8 Å². The smallest absolute Gasteiger partial charge is 0.0667 e. The molecule has 0 aliphatic heterocycles. The van der Waals surface area contributed by atoms with Crippen LogP contribution in [-0.4, -0.2) is 26.0 Å². The maximum Gasteiger partial charge on any atom is 0.0667 e. The molecule has 0 fully saturated rings. The number of nitrogens with one attached hydrogen (secondary N) is 1. The molecule has 0 spiro atoms. The Hall–Kier alpha value is -0.510. The van der Waals surface area contributed by atoms with Crippen LogP contribution in [0.1, 0.15) is 12.5 Å². The average Bonchev–Trinajstić information content (AvgIpc) is 2.29. The molecule has 1 aromatic carbocycles. The van der Waals surface area contributed by atoms with Gasteiger partial charge in [-0.05, 0) is 30.9 Å². The van der Waals surface area contributed by atoms with Crippen molar-refractivity contribution in [2.75, 3.05) is 19.9 Å². The van der Waals surface area contributed by atoms with Crippen molar-refractivity contribution >= 4 is 11.8 Å². The molecule has 0 saturated heterocycles. The van der Waals surface area contributed by atoms with Crippen molar-refractivity contribution in [1.29, 1.82) is 0 Å². The van der Waals surface area contributed by atoms with E-state index in [9.17, 15) is 0 Å². The number of hydrogen-bond donors (Lipinski definition) is 1. The fraction of sp³-hybridized carbons (Fsp3) is 0.500. The highest BCUT2D eigenvalue weighted by atomic mass is 32.2. The molecule has 0 amide bonds. The Balaban J connectivity index is 2.31. The average molecular weight is 225 g/mol.